The predicted octanol–water partition coefficient (Wildman–Crippen LogP) is 3.30. The van der Waals surface area contributed by atoms with Gasteiger partial charge < -0.3 is 4.79 Å². The van der Waals surface area contributed by atoms with Crippen molar-refractivity contribution in [3.63, 3.8) is 0 Å². The fraction of sp³-hybridized carbons (Fsp3) is 0.100. The number of benzene rings is 1. The Kier molecular flexibility index (Phi) is 2.34. The molecule has 3 heteroatoms. The molecule has 0 fully saturated rings. The van der Waals surface area contributed by atoms with Crippen LogP contribution in [0.4, 0.5) is 0 Å². The molecular formula is C10H7ClOS. The van der Waals surface area contributed by atoms with Gasteiger partial charge in [0.05, 0.1) is 5.02 Å². The van der Waals surface area contributed by atoms with Crippen molar-refractivity contribution in [1.29, 1.82) is 0 Å². The van der Waals surface area contributed by atoms with Crippen LogP contribution in [0, 0.1) is 0 Å². The summed E-state index contributed by atoms with van der Waals surface area (Å²) in [5.41, 5.74) is 0. The molecule has 0 radical (unpaired) electrons. The molecule has 0 aliphatic carbocycles. The van der Waals surface area contributed by atoms with Crippen LogP contribution in [0.5, 0.6) is 0 Å². The smallest absolute Gasteiger partial charge is 0.125 e. The maximum atomic E-state index is 10.4. The van der Waals surface area contributed by atoms with Crippen LogP contribution in [0.2, 0.25) is 5.02 Å². The Balaban J connectivity index is 2.66. The highest BCUT2D eigenvalue weighted by atomic mass is 35.5. The van der Waals surface area contributed by atoms with Crippen LogP contribution in [0.15, 0.2) is 24.3 Å². The molecule has 0 bridgehead atoms. The molecule has 1 aromatic heterocycles. The van der Waals surface area contributed by atoms with Gasteiger partial charge in [-0.2, -0.15) is 0 Å². The molecule has 1 heterocycles. The summed E-state index contributed by atoms with van der Waals surface area (Å²) in [4.78, 5) is 11.3. The maximum Gasteiger partial charge on any atom is 0.125 e. The Hall–Kier alpha value is -0.860. The Morgan fingerprint density at radius 2 is 2.15 bits per heavy atom. The van der Waals surface area contributed by atoms with E-state index < -0.39 is 0 Å². The first-order chi connectivity index (χ1) is 6.33. The minimum atomic E-state index is 0.415. The molecule has 0 atom stereocenters. The normalized spacial score (nSPS) is 10.5. The summed E-state index contributed by atoms with van der Waals surface area (Å²) in [5.74, 6) is 0. The van der Waals surface area contributed by atoms with Crippen LogP contribution in [0.1, 0.15) is 4.88 Å². The number of aldehydes is 1. The van der Waals surface area contributed by atoms with E-state index in [1.165, 1.54) is 0 Å². The lowest BCUT2D eigenvalue weighted by Crippen LogP contribution is -1.79. The van der Waals surface area contributed by atoms with Crippen LogP contribution in [0.3, 0.4) is 0 Å². The van der Waals surface area contributed by atoms with Gasteiger partial charge in [-0.3, -0.25) is 0 Å². The van der Waals surface area contributed by atoms with E-state index in [1.54, 1.807) is 11.3 Å². The van der Waals surface area contributed by atoms with Crippen molar-refractivity contribution in [3.05, 3.63) is 34.2 Å². The summed E-state index contributed by atoms with van der Waals surface area (Å²) in [6.45, 7) is 0. The van der Waals surface area contributed by atoms with Gasteiger partial charge in [0, 0.05) is 21.4 Å². The Bertz CT molecular complexity index is 447. The summed E-state index contributed by atoms with van der Waals surface area (Å²) in [6, 6.07) is 7.91. The zero-order valence-corrected chi connectivity index (χ0v) is 8.36. The molecule has 1 aromatic carbocycles. The van der Waals surface area contributed by atoms with Crippen molar-refractivity contribution in [3.8, 4) is 0 Å². The number of carbonyl (C=O) groups is 1. The lowest BCUT2D eigenvalue weighted by molar-refractivity contribution is -0.107. The van der Waals surface area contributed by atoms with Gasteiger partial charge in [-0.15, -0.1) is 11.3 Å². The van der Waals surface area contributed by atoms with Crippen molar-refractivity contribution < 1.29 is 4.79 Å². The minimum absolute atomic E-state index is 0.415. The van der Waals surface area contributed by atoms with Gasteiger partial charge in [0.15, 0.2) is 0 Å². The first kappa shape index (κ1) is 8.73. The average Bonchev–Trinajstić information content (AvgIpc) is 2.46. The molecule has 0 N–H and O–H groups in total. The summed E-state index contributed by atoms with van der Waals surface area (Å²) >= 11 is 7.67. The monoisotopic (exact) mass is 210 g/mol. The van der Waals surface area contributed by atoms with E-state index in [-0.39, 0.29) is 0 Å². The van der Waals surface area contributed by atoms with Crippen LogP contribution < -0.4 is 0 Å². The molecule has 2 aromatic rings. The molecule has 0 saturated heterocycles. The molecule has 2 rings (SSSR count). The summed E-state index contributed by atoms with van der Waals surface area (Å²) in [6.07, 6.45) is 1.30. The van der Waals surface area contributed by atoms with Crippen LogP contribution >= 0.6 is 22.9 Å². The van der Waals surface area contributed by atoms with Gasteiger partial charge in [0.1, 0.15) is 6.29 Å². The average molecular weight is 211 g/mol. The van der Waals surface area contributed by atoms with Gasteiger partial charge in [-0.05, 0) is 6.07 Å². The zero-order valence-electron chi connectivity index (χ0n) is 6.79. The van der Waals surface area contributed by atoms with Gasteiger partial charge in [0.2, 0.25) is 0 Å². The molecule has 0 amide bonds. The number of fused-ring (bicyclic) bond motifs is 1. The third-order valence-corrected chi connectivity index (χ3v) is 3.61. The molecule has 13 heavy (non-hydrogen) atoms. The number of carbonyl (C=O) groups excluding carboxylic acids is 1. The third-order valence-electron chi connectivity index (χ3n) is 1.87. The number of halogens is 1. The fourth-order valence-electron chi connectivity index (χ4n) is 1.27. The second kappa shape index (κ2) is 3.48. The van der Waals surface area contributed by atoms with Crippen molar-refractivity contribution in [1.82, 2.24) is 0 Å². The van der Waals surface area contributed by atoms with Gasteiger partial charge in [-0.1, -0.05) is 29.8 Å². The Labute approximate surface area is 84.9 Å². The number of hydrogen-bond donors (Lipinski definition) is 0. The molecular weight excluding hydrogens is 204 g/mol. The topological polar surface area (TPSA) is 17.1 Å². The molecule has 0 aliphatic heterocycles. The molecule has 0 spiro atoms. The number of rotatable bonds is 2. The molecule has 0 saturated carbocycles. The van der Waals surface area contributed by atoms with E-state index in [1.807, 2.05) is 24.3 Å². The van der Waals surface area contributed by atoms with Crippen molar-refractivity contribution in [2.45, 2.75) is 6.42 Å². The highest BCUT2D eigenvalue weighted by Gasteiger charge is 2.08. The van der Waals surface area contributed by atoms with E-state index >= 15 is 0 Å². The van der Waals surface area contributed by atoms with Crippen molar-refractivity contribution >= 4 is 39.3 Å². The quantitative estimate of drug-likeness (QED) is 0.696. The SMILES string of the molecule is O=CCc1sc2ccccc2c1Cl. The lowest BCUT2D eigenvalue weighted by Gasteiger charge is -1.88. The Morgan fingerprint density at radius 1 is 1.38 bits per heavy atom. The molecule has 0 aliphatic rings. The molecule has 0 unspecified atom stereocenters. The van der Waals surface area contributed by atoms with E-state index in [9.17, 15) is 4.79 Å². The Morgan fingerprint density at radius 3 is 2.85 bits per heavy atom. The second-order valence-corrected chi connectivity index (χ2v) is 4.22. The van der Waals surface area contributed by atoms with Gasteiger partial charge in [-0.25, -0.2) is 0 Å². The van der Waals surface area contributed by atoms with E-state index in [0.717, 1.165) is 26.3 Å². The summed E-state index contributed by atoms with van der Waals surface area (Å²) < 4.78 is 1.14. The first-order valence-electron chi connectivity index (χ1n) is 3.92. The highest BCUT2D eigenvalue weighted by molar-refractivity contribution is 7.19. The maximum absolute atomic E-state index is 10.4. The third kappa shape index (κ3) is 1.47. The predicted molar refractivity (Wildman–Crippen MR) is 56.6 cm³/mol. The summed E-state index contributed by atoms with van der Waals surface area (Å²) in [7, 11) is 0. The highest BCUT2D eigenvalue weighted by Crippen LogP contribution is 2.34. The lowest BCUT2D eigenvalue weighted by atomic mass is 10.2. The van der Waals surface area contributed by atoms with E-state index in [2.05, 4.69) is 0 Å². The van der Waals surface area contributed by atoms with Crippen LogP contribution in [0.25, 0.3) is 10.1 Å². The molecule has 1 nitrogen and oxygen atoms in total. The fourth-order valence-corrected chi connectivity index (χ4v) is 2.73. The van der Waals surface area contributed by atoms with Crippen LogP contribution in [-0.2, 0) is 11.2 Å². The van der Waals surface area contributed by atoms with Gasteiger partial charge in [0.25, 0.3) is 0 Å². The zero-order chi connectivity index (χ0) is 9.26. The molecule has 66 valence electrons. The van der Waals surface area contributed by atoms with Crippen molar-refractivity contribution in [2.75, 3.05) is 0 Å². The van der Waals surface area contributed by atoms with Crippen LogP contribution in [-0.4, -0.2) is 6.29 Å². The largest absolute Gasteiger partial charge is 0.303 e. The number of thiophene rings is 1. The minimum Gasteiger partial charge on any atom is -0.303 e. The second-order valence-electron chi connectivity index (χ2n) is 2.71. The standard InChI is InChI=1S/C10H7ClOS/c11-10-7-3-1-2-4-8(7)13-9(10)5-6-12/h1-4,6H,5H2. The first-order valence-corrected chi connectivity index (χ1v) is 5.12. The van der Waals surface area contributed by atoms with E-state index in [0.29, 0.717) is 6.42 Å². The summed E-state index contributed by atoms with van der Waals surface area (Å²) in [5, 5.41) is 1.78. The van der Waals surface area contributed by atoms with Gasteiger partial charge >= 0.3 is 0 Å². The van der Waals surface area contributed by atoms with E-state index in [4.69, 9.17) is 11.6 Å². The number of hydrogen-bond acceptors (Lipinski definition) is 2. The van der Waals surface area contributed by atoms with Crippen molar-refractivity contribution in [2.24, 2.45) is 0 Å².